The second kappa shape index (κ2) is 8.75. The van der Waals surface area contributed by atoms with Crippen LogP contribution in [0.15, 0.2) is 12.1 Å². The Kier molecular flexibility index (Phi) is 7.26. The summed E-state index contributed by atoms with van der Waals surface area (Å²) in [4.78, 5) is 5.08. The summed E-state index contributed by atoms with van der Waals surface area (Å²) in [6.45, 7) is 7.58. The zero-order chi connectivity index (χ0) is 15.5. The predicted octanol–water partition coefficient (Wildman–Crippen LogP) is 2.90. The van der Waals surface area contributed by atoms with Gasteiger partial charge in [0, 0.05) is 62.4 Å². The quantitative estimate of drug-likeness (QED) is 0.869. The summed E-state index contributed by atoms with van der Waals surface area (Å²) in [6.07, 6.45) is 1.23. The van der Waals surface area contributed by atoms with Gasteiger partial charge in [0.1, 0.15) is 5.75 Å². The molecule has 1 N–H and O–H groups in total. The lowest BCUT2D eigenvalue weighted by Crippen LogP contribution is -2.49. The van der Waals surface area contributed by atoms with Gasteiger partial charge in [-0.05, 0) is 18.6 Å². The van der Waals surface area contributed by atoms with Crippen molar-refractivity contribution in [3.63, 3.8) is 0 Å². The Morgan fingerprint density at radius 1 is 1.22 bits per heavy atom. The highest BCUT2D eigenvalue weighted by atomic mass is 35.5. The molecule has 130 valence electrons. The molecule has 0 radical (unpaired) electrons. The van der Waals surface area contributed by atoms with Crippen LogP contribution in [0.2, 0.25) is 10.0 Å². The molecule has 1 unspecified atom stereocenters. The molecule has 2 aliphatic heterocycles. The van der Waals surface area contributed by atoms with E-state index in [4.69, 9.17) is 27.9 Å². The molecule has 2 aliphatic rings. The smallest absolute Gasteiger partial charge is 0.142 e. The molecule has 2 fully saturated rings. The van der Waals surface area contributed by atoms with Crippen LogP contribution in [0, 0.1) is 0 Å². The summed E-state index contributed by atoms with van der Waals surface area (Å²) >= 11 is 12.4. The SMILES string of the molecule is COc1c(Cl)cc(Cl)cc1CN1CCC(N2CCNCC2)C1.Cl. The third-order valence-electron chi connectivity index (χ3n) is 4.60. The summed E-state index contributed by atoms with van der Waals surface area (Å²) in [5.41, 5.74) is 1.07. The minimum absolute atomic E-state index is 0. The van der Waals surface area contributed by atoms with E-state index >= 15 is 0 Å². The van der Waals surface area contributed by atoms with Crippen LogP contribution in [0.3, 0.4) is 0 Å². The Balaban J connectivity index is 0.00000192. The van der Waals surface area contributed by atoms with E-state index < -0.39 is 0 Å². The monoisotopic (exact) mass is 379 g/mol. The highest BCUT2D eigenvalue weighted by molar-refractivity contribution is 6.35. The van der Waals surface area contributed by atoms with Crippen molar-refractivity contribution >= 4 is 35.6 Å². The average molecular weight is 381 g/mol. The second-order valence-corrected chi connectivity index (χ2v) is 6.89. The Labute approximate surface area is 154 Å². The molecule has 0 spiro atoms. The van der Waals surface area contributed by atoms with Crippen LogP contribution >= 0.6 is 35.6 Å². The fourth-order valence-electron chi connectivity index (χ4n) is 3.50. The van der Waals surface area contributed by atoms with Gasteiger partial charge < -0.3 is 10.1 Å². The largest absolute Gasteiger partial charge is 0.495 e. The van der Waals surface area contributed by atoms with Crippen molar-refractivity contribution in [3.8, 4) is 5.75 Å². The number of piperazine rings is 1. The predicted molar refractivity (Wildman–Crippen MR) is 98.4 cm³/mol. The van der Waals surface area contributed by atoms with Crippen LogP contribution < -0.4 is 10.1 Å². The number of ether oxygens (including phenoxy) is 1. The van der Waals surface area contributed by atoms with Crippen LogP contribution in [-0.2, 0) is 6.54 Å². The molecule has 0 aliphatic carbocycles. The maximum atomic E-state index is 6.23. The Morgan fingerprint density at radius 3 is 2.65 bits per heavy atom. The van der Waals surface area contributed by atoms with Crippen molar-refractivity contribution in [2.45, 2.75) is 19.0 Å². The fourth-order valence-corrected chi connectivity index (χ4v) is 4.11. The number of nitrogens with one attached hydrogen (secondary N) is 1. The van der Waals surface area contributed by atoms with Gasteiger partial charge in [-0.3, -0.25) is 9.80 Å². The van der Waals surface area contributed by atoms with Gasteiger partial charge in [-0.1, -0.05) is 23.2 Å². The number of hydrogen-bond acceptors (Lipinski definition) is 4. The Hall–Kier alpha value is -0.230. The number of halogens is 3. The number of hydrogen-bond donors (Lipinski definition) is 1. The first-order chi connectivity index (χ1) is 10.7. The van der Waals surface area contributed by atoms with Crippen LogP contribution in [-0.4, -0.2) is 62.2 Å². The van der Waals surface area contributed by atoms with E-state index in [0.29, 0.717) is 16.1 Å². The maximum Gasteiger partial charge on any atom is 0.142 e. The van der Waals surface area contributed by atoms with Gasteiger partial charge in [0.15, 0.2) is 0 Å². The van der Waals surface area contributed by atoms with Crippen molar-refractivity contribution in [3.05, 3.63) is 27.7 Å². The maximum absolute atomic E-state index is 6.23. The highest BCUT2D eigenvalue weighted by Crippen LogP contribution is 2.33. The van der Waals surface area contributed by atoms with Crippen LogP contribution in [0.25, 0.3) is 0 Å². The van der Waals surface area contributed by atoms with Gasteiger partial charge in [-0.15, -0.1) is 12.4 Å². The number of rotatable bonds is 4. The molecule has 0 saturated carbocycles. The van der Waals surface area contributed by atoms with Crippen molar-refractivity contribution in [1.82, 2.24) is 15.1 Å². The van der Waals surface area contributed by atoms with Gasteiger partial charge in [0.25, 0.3) is 0 Å². The summed E-state index contributed by atoms with van der Waals surface area (Å²) in [6, 6.07) is 4.37. The van der Waals surface area contributed by atoms with Gasteiger partial charge in [0.2, 0.25) is 0 Å². The van der Waals surface area contributed by atoms with Crippen molar-refractivity contribution in [2.24, 2.45) is 0 Å². The van der Waals surface area contributed by atoms with Crippen LogP contribution in [0.4, 0.5) is 0 Å². The zero-order valence-electron chi connectivity index (χ0n) is 13.4. The molecule has 2 saturated heterocycles. The fraction of sp³-hybridized carbons (Fsp3) is 0.625. The molecule has 23 heavy (non-hydrogen) atoms. The Bertz CT molecular complexity index is 524. The summed E-state index contributed by atoms with van der Waals surface area (Å²) in [5.74, 6) is 0.747. The Morgan fingerprint density at radius 2 is 1.96 bits per heavy atom. The molecule has 4 nitrogen and oxygen atoms in total. The molecule has 0 aromatic heterocycles. The van der Waals surface area contributed by atoms with E-state index in [9.17, 15) is 0 Å². The average Bonchev–Trinajstić information content (AvgIpc) is 2.96. The molecule has 1 aromatic rings. The zero-order valence-corrected chi connectivity index (χ0v) is 15.7. The molecule has 0 amide bonds. The first-order valence-corrected chi connectivity index (χ1v) is 8.62. The molecule has 2 heterocycles. The van der Waals surface area contributed by atoms with Gasteiger partial charge in [-0.25, -0.2) is 0 Å². The van der Waals surface area contributed by atoms with E-state index in [1.807, 2.05) is 6.07 Å². The molecular weight excluding hydrogens is 357 g/mol. The summed E-state index contributed by atoms with van der Waals surface area (Å²) in [7, 11) is 1.66. The second-order valence-electron chi connectivity index (χ2n) is 6.04. The van der Waals surface area contributed by atoms with E-state index in [1.54, 1.807) is 13.2 Å². The lowest BCUT2D eigenvalue weighted by Gasteiger charge is -2.32. The number of methoxy groups -OCH3 is 1. The third kappa shape index (κ3) is 4.65. The van der Waals surface area contributed by atoms with Crippen LogP contribution in [0.5, 0.6) is 5.75 Å². The van der Waals surface area contributed by atoms with Gasteiger partial charge in [0.05, 0.1) is 12.1 Å². The third-order valence-corrected chi connectivity index (χ3v) is 5.10. The van der Waals surface area contributed by atoms with Gasteiger partial charge >= 0.3 is 0 Å². The normalized spacial score (nSPS) is 22.8. The molecule has 0 bridgehead atoms. The van der Waals surface area contributed by atoms with E-state index in [1.165, 1.54) is 6.42 Å². The number of nitrogens with zero attached hydrogens (tertiary/aromatic N) is 2. The van der Waals surface area contributed by atoms with E-state index in [-0.39, 0.29) is 12.4 Å². The highest BCUT2D eigenvalue weighted by Gasteiger charge is 2.29. The molecule has 1 atom stereocenters. The molecule has 1 aromatic carbocycles. The van der Waals surface area contributed by atoms with Crippen molar-refractivity contribution < 1.29 is 4.74 Å². The minimum atomic E-state index is 0. The standard InChI is InChI=1S/C16H23Cl2N3O.ClH/c1-22-16-12(8-13(17)9-15(16)18)10-20-5-2-14(11-20)21-6-3-19-4-7-21;/h8-9,14,19H,2-7,10-11H2,1H3;1H. The topological polar surface area (TPSA) is 27.7 Å². The van der Waals surface area contributed by atoms with E-state index in [2.05, 4.69) is 15.1 Å². The van der Waals surface area contributed by atoms with Crippen molar-refractivity contribution in [2.75, 3.05) is 46.4 Å². The molecular formula is C16H24Cl3N3O. The minimum Gasteiger partial charge on any atom is -0.495 e. The van der Waals surface area contributed by atoms with Crippen LogP contribution in [0.1, 0.15) is 12.0 Å². The number of benzene rings is 1. The lowest BCUT2D eigenvalue weighted by atomic mass is 10.2. The lowest BCUT2D eigenvalue weighted by molar-refractivity contribution is 0.170. The van der Waals surface area contributed by atoms with Gasteiger partial charge in [-0.2, -0.15) is 0 Å². The first-order valence-electron chi connectivity index (χ1n) is 7.86. The molecule has 3 rings (SSSR count). The summed E-state index contributed by atoms with van der Waals surface area (Å²) < 4.78 is 5.45. The van der Waals surface area contributed by atoms with E-state index in [0.717, 1.165) is 57.1 Å². The number of likely N-dealkylation sites (tertiary alicyclic amines) is 1. The summed E-state index contributed by atoms with van der Waals surface area (Å²) in [5, 5.41) is 4.67. The first kappa shape index (κ1) is 19.1. The molecule has 7 heteroatoms. The van der Waals surface area contributed by atoms with Crippen molar-refractivity contribution in [1.29, 1.82) is 0 Å².